The Morgan fingerprint density at radius 3 is 2.89 bits per heavy atom. The summed E-state index contributed by atoms with van der Waals surface area (Å²) in [7, 11) is 0. The maximum Gasteiger partial charge on any atom is 0.323 e. The molecule has 1 heterocycles. The molecule has 0 radical (unpaired) electrons. The SMILES string of the molecule is O=C(CSCCO)Nc1ccc2[nH]c(=O)[nH]c2c1. The van der Waals surface area contributed by atoms with Crippen LogP contribution < -0.4 is 11.0 Å². The van der Waals surface area contributed by atoms with Crippen LogP contribution in [0.15, 0.2) is 23.0 Å². The average Bonchev–Trinajstić information content (AvgIpc) is 2.69. The first-order valence-corrected chi connectivity index (χ1v) is 6.55. The summed E-state index contributed by atoms with van der Waals surface area (Å²) in [6, 6.07) is 5.15. The number of anilines is 1. The van der Waals surface area contributed by atoms with E-state index in [1.165, 1.54) is 11.8 Å². The predicted octanol–water partition coefficient (Wildman–Crippen LogP) is 0.520. The summed E-state index contributed by atoms with van der Waals surface area (Å²) in [4.78, 5) is 27.9. The number of hydrogen-bond acceptors (Lipinski definition) is 4. The molecule has 4 N–H and O–H groups in total. The van der Waals surface area contributed by atoms with Crippen LogP contribution in [-0.4, -0.2) is 39.1 Å². The van der Waals surface area contributed by atoms with Crippen LogP contribution in [-0.2, 0) is 4.79 Å². The number of hydrogen-bond donors (Lipinski definition) is 4. The summed E-state index contributed by atoms with van der Waals surface area (Å²) < 4.78 is 0. The number of aromatic nitrogens is 2. The van der Waals surface area contributed by atoms with Crippen LogP contribution in [0.3, 0.4) is 0 Å². The van der Waals surface area contributed by atoms with Gasteiger partial charge in [-0.3, -0.25) is 4.79 Å². The molecule has 2 rings (SSSR count). The number of nitrogens with one attached hydrogen (secondary N) is 3. The number of carbonyl (C=O) groups excluding carboxylic acids is 1. The second-order valence-electron chi connectivity index (χ2n) is 3.66. The zero-order valence-corrected chi connectivity index (χ0v) is 10.3. The van der Waals surface area contributed by atoms with E-state index in [-0.39, 0.29) is 18.2 Å². The molecule has 0 atom stereocenters. The van der Waals surface area contributed by atoms with Crippen LogP contribution in [0.2, 0.25) is 0 Å². The summed E-state index contributed by atoms with van der Waals surface area (Å²) in [6.07, 6.45) is 0. The largest absolute Gasteiger partial charge is 0.396 e. The highest BCUT2D eigenvalue weighted by Crippen LogP contribution is 2.14. The fraction of sp³-hybridized carbons (Fsp3) is 0.273. The highest BCUT2D eigenvalue weighted by molar-refractivity contribution is 7.99. The number of aliphatic hydroxyl groups excluding tert-OH is 1. The van der Waals surface area contributed by atoms with Crippen molar-refractivity contribution in [1.82, 2.24) is 9.97 Å². The van der Waals surface area contributed by atoms with Crippen LogP contribution >= 0.6 is 11.8 Å². The number of aromatic amines is 2. The molecule has 0 bridgehead atoms. The van der Waals surface area contributed by atoms with E-state index in [1.54, 1.807) is 18.2 Å². The summed E-state index contributed by atoms with van der Waals surface area (Å²) >= 11 is 1.36. The van der Waals surface area contributed by atoms with E-state index < -0.39 is 0 Å². The van der Waals surface area contributed by atoms with Gasteiger partial charge in [-0.1, -0.05) is 0 Å². The Labute approximate surface area is 107 Å². The Hall–Kier alpha value is -1.73. The summed E-state index contributed by atoms with van der Waals surface area (Å²) in [6.45, 7) is 0.0640. The molecule has 1 aromatic carbocycles. The van der Waals surface area contributed by atoms with Crippen molar-refractivity contribution in [3.63, 3.8) is 0 Å². The lowest BCUT2D eigenvalue weighted by atomic mass is 10.3. The van der Waals surface area contributed by atoms with Crippen molar-refractivity contribution in [2.75, 3.05) is 23.4 Å². The molecule has 1 aromatic heterocycles. The number of thioether (sulfide) groups is 1. The molecule has 0 fully saturated rings. The highest BCUT2D eigenvalue weighted by atomic mass is 32.2. The fourth-order valence-electron chi connectivity index (χ4n) is 1.54. The predicted molar refractivity (Wildman–Crippen MR) is 72.0 cm³/mol. The molecule has 0 aliphatic rings. The van der Waals surface area contributed by atoms with E-state index >= 15 is 0 Å². The van der Waals surface area contributed by atoms with Crippen LogP contribution in [0, 0.1) is 0 Å². The van der Waals surface area contributed by atoms with Gasteiger partial charge >= 0.3 is 5.69 Å². The van der Waals surface area contributed by atoms with Gasteiger partial charge in [-0.15, -0.1) is 11.8 Å². The van der Waals surface area contributed by atoms with Crippen molar-refractivity contribution in [2.45, 2.75) is 0 Å². The molecule has 6 nitrogen and oxygen atoms in total. The fourth-order valence-corrected chi connectivity index (χ4v) is 2.07. The molecular weight excluding hydrogens is 254 g/mol. The molecule has 18 heavy (non-hydrogen) atoms. The first-order valence-electron chi connectivity index (χ1n) is 5.39. The van der Waals surface area contributed by atoms with E-state index in [2.05, 4.69) is 15.3 Å². The first-order chi connectivity index (χ1) is 8.69. The van der Waals surface area contributed by atoms with Gasteiger partial charge in [-0.05, 0) is 18.2 Å². The Morgan fingerprint density at radius 2 is 2.11 bits per heavy atom. The topological polar surface area (TPSA) is 98.0 Å². The quantitative estimate of drug-likeness (QED) is 0.594. The van der Waals surface area contributed by atoms with E-state index in [9.17, 15) is 9.59 Å². The molecular formula is C11H13N3O3S. The van der Waals surface area contributed by atoms with Gasteiger partial charge in [-0.25, -0.2) is 4.79 Å². The molecule has 0 saturated carbocycles. The Kier molecular flexibility index (Phi) is 4.06. The van der Waals surface area contributed by atoms with Crippen LogP contribution in [0.5, 0.6) is 0 Å². The third kappa shape index (κ3) is 3.14. The lowest BCUT2D eigenvalue weighted by Gasteiger charge is -2.04. The minimum Gasteiger partial charge on any atom is -0.396 e. The number of carbonyl (C=O) groups is 1. The number of aliphatic hydroxyl groups is 1. The van der Waals surface area contributed by atoms with Crippen molar-refractivity contribution in [3.8, 4) is 0 Å². The van der Waals surface area contributed by atoms with Gasteiger partial charge in [0.25, 0.3) is 0 Å². The number of H-pyrrole nitrogens is 2. The summed E-state index contributed by atoms with van der Waals surface area (Å²) in [5.74, 6) is 0.700. The maximum atomic E-state index is 11.5. The zero-order chi connectivity index (χ0) is 13.0. The highest BCUT2D eigenvalue weighted by Gasteiger charge is 2.04. The van der Waals surface area contributed by atoms with Crippen molar-refractivity contribution in [1.29, 1.82) is 0 Å². The van der Waals surface area contributed by atoms with Gasteiger partial charge in [0, 0.05) is 11.4 Å². The second kappa shape index (κ2) is 5.74. The third-order valence-electron chi connectivity index (χ3n) is 2.27. The van der Waals surface area contributed by atoms with Gasteiger partial charge < -0.3 is 20.4 Å². The number of fused-ring (bicyclic) bond motifs is 1. The van der Waals surface area contributed by atoms with Crippen molar-refractivity contribution in [2.24, 2.45) is 0 Å². The van der Waals surface area contributed by atoms with E-state index in [0.717, 1.165) is 0 Å². The summed E-state index contributed by atoms with van der Waals surface area (Å²) in [5, 5.41) is 11.3. The van der Waals surface area contributed by atoms with Gasteiger partial charge in [0.1, 0.15) is 0 Å². The molecule has 2 aromatic rings. The van der Waals surface area contributed by atoms with Crippen LogP contribution in [0.25, 0.3) is 11.0 Å². The molecule has 0 aliphatic heterocycles. The van der Waals surface area contributed by atoms with Gasteiger partial charge in [0.2, 0.25) is 5.91 Å². The number of amides is 1. The van der Waals surface area contributed by atoms with Gasteiger partial charge in [-0.2, -0.15) is 0 Å². The van der Waals surface area contributed by atoms with Crippen LogP contribution in [0.1, 0.15) is 0 Å². The van der Waals surface area contributed by atoms with E-state index in [1.807, 2.05) is 0 Å². The molecule has 96 valence electrons. The minimum atomic E-state index is -0.271. The smallest absolute Gasteiger partial charge is 0.323 e. The lowest BCUT2D eigenvalue weighted by molar-refractivity contribution is -0.113. The Morgan fingerprint density at radius 1 is 1.33 bits per heavy atom. The number of rotatable bonds is 5. The molecule has 0 spiro atoms. The normalized spacial score (nSPS) is 10.7. The Bertz CT molecular complexity index is 605. The zero-order valence-electron chi connectivity index (χ0n) is 9.53. The third-order valence-corrected chi connectivity index (χ3v) is 3.21. The molecule has 0 unspecified atom stereocenters. The molecule has 0 aliphatic carbocycles. The average molecular weight is 267 g/mol. The van der Waals surface area contributed by atoms with Crippen LogP contribution in [0.4, 0.5) is 5.69 Å². The molecule has 1 amide bonds. The Balaban J connectivity index is 2.02. The van der Waals surface area contributed by atoms with Gasteiger partial charge in [0.15, 0.2) is 0 Å². The first kappa shape index (κ1) is 12.7. The molecule has 7 heteroatoms. The lowest BCUT2D eigenvalue weighted by Crippen LogP contribution is -2.14. The van der Waals surface area contributed by atoms with Crippen molar-refractivity contribution in [3.05, 3.63) is 28.7 Å². The maximum absolute atomic E-state index is 11.5. The molecule has 0 saturated heterocycles. The minimum absolute atomic E-state index is 0.0640. The summed E-state index contributed by atoms with van der Waals surface area (Å²) in [5.41, 5.74) is 1.72. The van der Waals surface area contributed by atoms with Crippen molar-refractivity contribution >= 4 is 34.4 Å². The number of imidazole rings is 1. The van der Waals surface area contributed by atoms with Crippen molar-refractivity contribution < 1.29 is 9.90 Å². The standard InChI is InChI=1S/C11H13N3O3S/c15-3-4-18-6-10(16)12-7-1-2-8-9(5-7)14-11(17)13-8/h1-2,5,15H,3-4,6H2,(H,12,16)(H2,13,14,17). The monoisotopic (exact) mass is 267 g/mol. The van der Waals surface area contributed by atoms with Gasteiger partial charge in [0.05, 0.1) is 23.4 Å². The number of benzene rings is 1. The van der Waals surface area contributed by atoms with E-state index in [4.69, 9.17) is 5.11 Å². The van der Waals surface area contributed by atoms with E-state index in [0.29, 0.717) is 28.2 Å². The second-order valence-corrected chi connectivity index (χ2v) is 4.77.